The summed E-state index contributed by atoms with van der Waals surface area (Å²) in [5, 5.41) is 5.88. The van der Waals surface area contributed by atoms with Crippen molar-refractivity contribution in [2.75, 3.05) is 18.4 Å². The molecule has 0 saturated heterocycles. The fourth-order valence-electron chi connectivity index (χ4n) is 3.67. The molecule has 1 saturated carbocycles. The predicted molar refractivity (Wildman–Crippen MR) is 107 cm³/mol. The molecule has 0 bridgehead atoms. The molecule has 0 aromatic heterocycles. The van der Waals surface area contributed by atoms with Crippen molar-refractivity contribution >= 4 is 17.5 Å². The SMILES string of the molecule is NC[C@H]1CCC[C@H]1C(=O)Nc1ccc(C(=O)NCCc2ccccc2)cc1. The van der Waals surface area contributed by atoms with Crippen molar-refractivity contribution in [1.29, 1.82) is 0 Å². The first-order valence-electron chi connectivity index (χ1n) is 9.60. The number of carbonyl (C=O) groups is 2. The van der Waals surface area contributed by atoms with E-state index in [4.69, 9.17) is 5.73 Å². The second-order valence-corrected chi connectivity index (χ2v) is 7.09. The Bertz CT molecular complexity index is 759. The van der Waals surface area contributed by atoms with Gasteiger partial charge in [0.2, 0.25) is 5.91 Å². The highest BCUT2D eigenvalue weighted by Crippen LogP contribution is 2.31. The third kappa shape index (κ3) is 5.17. The molecule has 0 aliphatic heterocycles. The van der Waals surface area contributed by atoms with Crippen LogP contribution in [-0.4, -0.2) is 24.9 Å². The molecule has 5 nitrogen and oxygen atoms in total. The minimum atomic E-state index is -0.109. The third-order valence-electron chi connectivity index (χ3n) is 5.26. The number of rotatable bonds is 7. The summed E-state index contributed by atoms with van der Waals surface area (Å²) >= 11 is 0. The lowest BCUT2D eigenvalue weighted by Crippen LogP contribution is -2.29. The van der Waals surface area contributed by atoms with Crippen LogP contribution < -0.4 is 16.4 Å². The van der Waals surface area contributed by atoms with E-state index in [9.17, 15) is 9.59 Å². The highest BCUT2D eigenvalue weighted by atomic mass is 16.2. The first kappa shape index (κ1) is 19.1. The van der Waals surface area contributed by atoms with Crippen molar-refractivity contribution in [3.05, 3.63) is 65.7 Å². The maximum atomic E-state index is 12.4. The van der Waals surface area contributed by atoms with Gasteiger partial charge < -0.3 is 16.4 Å². The summed E-state index contributed by atoms with van der Waals surface area (Å²) in [7, 11) is 0. The molecule has 27 heavy (non-hydrogen) atoms. The standard InChI is InChI=1S/C22H27N3O2/c23-15-18-7-4-8-20(18)22(27)25-19-11-9-17(10-12-19)21(26)24-14-13-16-5-2-1-3-6-16/h1-3,5-6,9-12,18,20H,4,7-8,13-15,23H2,(H,24,26)(H,25,27)/t18-,20-/m1/s1. The van der Waals surface area contributed by atoms with Crippen LogP contribution in [0.3, 0.4) is 0 Å². The summed E-state index contributed by atoms with van der Waals surface area (Å²) < 4.78 is 0. The molecule has 2 aromatic rings. The number of hydrogen-bond acceptors (Lipinski definition) is 3. The number of nitrogens with one attached hydrogen (secondary N) is 2. The molecule has 0 radical (unpaired) electrons. The third-order valence-corrected chi connectivity index (χ3v) is 5.26. The molecular weight excluding hydrogens is 338 g/mol. The molecule has 0 unspecified atom stereocenters. The van der Waals surface area contributed by atoms with Crippen molar-refractivity contribution < 1.29 is 9.59 Å². The van der Waals surface area contributed by atoms with Gasteiger partial charge >= 0.3 is 0 Å². The van der Waals surface area contributed by atoms with Crippen molar-refractivity contribution in [1.82, 2.24) is 5.32 Å². The Kier molecular flexibility index (Phi) is 6.60. The van der Waals surface area contributed by atoms with Gasteiger partial charge in [0.15, 0.2) is 0 Å². The molecule has 0 heterocycles. The highest BCUT2D eigenvalue weighted by molar-refractivity contribution is 5.96. The van der Waals surface area contributed by atoms with Crippen molar-refractivity contribution in [3.63, 3.8) is 0 Å². The van der Waals surface area contributed by atoms with E-state index in [1.54, 1.807) is 24.3 Å². The van der Waals surface area contributed by atoms with E-state index < -0.39 is 0 Å². The number of amides is 2. The second kappa shape index (κ2) is 9.33. The molecule has 1 aliphatic rings. The van der Waals surface area contributed by atoms with E-state index in [1.165, 1.54) is 5.56 Å². The topological polar surface area (TPSA) is 84.2 Å². The number of benzene rings is 2. The first-order valence-corrected chi connectivity index (χ1v) is 9.60. The fraction of sp³-hybridized carbons (Fsp3) is 0.364. The van der Waals surface area contributed by atoms with Gasteiger partial charge in [-0.05, 0) is 61.6 Å². The molecule has 4 N–H and O–H groups in total. The zero-order chi connectivity index (χ0) is 19.1. The van der Waals surface area contributed by atoms with Gasteiger partial charge in [-0.3, -0.25) is 9.59 Å². The van der Waals surface area contributed by atoms with Gasteiger partial charge in [0, 0.05) is 23.7 Å². The van der Waals surface area contributed by atoms with Gasteiger partial charge in [-0.2, -0.15) is 0 Å². The minimum absolute atomic E-state index is 0.00374. The Morgan fingerprint density at radius 1 is 1.00 bits per heavy atom. The Hall–Kier alpha value is -2.66. The van der Waals surface area contributed by atoms with Crippen molar-refractivity contribution in [2.45, 2.75) is 25.7 Å². The smallest absolute Gasteiger partial charge is 0.251 e. The van der Waals surface area contributed by atoms with Gasteiger partial charge in [0.25, 0.3) is 5.91 Å². The Balaban J connectivity index is 1.49. The zero-order valence-corrected chi connectivity index (χ0v) is 15.5. The Morgan fingerprint density at radius 2 is 1.74 bits per heavy atom. The van der Waals surface area contributed by atoms with Crippen LogP contribution in [0.5, 0.6) is 0 Å². The van der Waals surface area contributed by atoms with Crippen LogP contribution in [0.4, 0.5) is 5.69 Å². The van der Waals surface area contributed by atoms with Crippen LogP contribution >= 0.6 is 0 Å². The molecule has 142 valence electrons. The lowest BCUT2D eigenvalue weighted by atomic mass is 9.95. The fourth-order valence-corrected chi connectivity index (χ4v) is 3.67. The molecule has 1 fully saturated rings. The second-order valence-electron chi connectivity index (χ2n) is 7.09. The summed E-state index contributed by atoms with van der Waals surface area (Å²) in [5.74, 6) is 0.196. The molecule has 2 aromatic carbocycles. The lowest BCUT2D eigenvalue weighted by Gasteiger charge is -2.17. The van der Waals surface area contributed by atoms with Gasteiger partial charge in [-0.1, -0.05) is 36.8 Å². The van der Waals surface area contributed by atoms with E-state index in [-0.39, 0.29) is 23.7 Å². The van der Waals surface area contributed by atoms with Gasteiger partial charge in [0.05, 0.1) is 0 Å². The monoisotopic (exact) mass is 365 g/mol. The average molecular weight is 365 g/mol. The van der Waals surface area contributed by atoms with Crippen molar-refractivity contribution in [2.24, 2.45) is 17.6 Å². The molecule has 1 aliphatic carbocycles. The van der Waals surface area contributed by atoms with Gasteiger partial charge in [-0.25, -0.2) is 0 Å². The maximum Gasteiger partial charge on any atom is 0.251 e. The van der Waals surface area contributed by atoms with Crippen LogP contribution in [0.25, 0.3) is 0 Å². The Labute approximate surface area is 160 Å². The molecule has 0 spiro atoms. The number of anilines is 1. The van der Waals surface area contributed by atoms with E-state index >= 15 is 0 Å². The molecule has 2 atom stereocenters. The van der Waals surface area contributed by atoms with Crippen LogP contribution in [0.15, 0.2) is 54.6 Å². The maximum absolute atomic E-state index is 12.4. The average Bonchev–Trinajstić information content (AvgIpc) is 3.18. The summed E-state index contributed by atoms with van der Waals surface area (Å²) in [4.78, 5) is 24.7. The number of nitrogens with two attached hydrogens (primary N) is 1. The molecule has 3 rings (SSSR count). The Morgan fingerprint density at radius 3 is 2.44 bits per heavy atom. The normalized spacial score (nSPS) is 18.9. The summed E-state index contributed by atoms with van der Waals surface area (Å²) in [5.41, 5.74) is 8.25. The number of hydrogen-bond donors (Lipinski definition) is 3. The van der Waals surface area contributed by atoms with E-state index in [0.29, 0.717) is 24.3 Å². The van der Waals surface area contributed by atoms with Crippen LogP contribution in [0.2, 0.25) is 0 Å². The van der Waals surface area contributed by atoms with Gasteiger partial charge in [0.1, 0.15) is 0 Å². The van der Waals surface area contributed by atoms with E-state index in [1.807, 2.05) is 30.3 Å². The van der Waals surface area contributed by atoms with E-state index in [0.717, 1.165) is 25.7 Å². The quantitative estimate of drug-likeness (QED) is 0.705. The number of carbonyl (C=O) groups excluding carboxylic acids is 2. The lowest BCUT2D eigenvalue weighted by molar-refractivity contribution is -0.120. The largest absolute Gasteiger partial charge is 0.352 e. The first-order chi connectivity index (χ1) is 13.2. The van der Waals surface area contributed by atoms with Crippen molar-refractivity contribution in [3.8, 4) is 0 Å². The summed E-state index contributed by atoms with van der Waals surface area (Å²) in [6.07, 6.45) is 3.78. The van der Waals surface area contributed by atoms with Crippen LogP contribution in [0.1, 0.15) is 35.2 Å². The summed E-state index contributed by atoms with van der Waals surface area (Å²) in [6, 6.07) is 17.1. The minimum Gasteiger partial charge on any atom is -0.352 e. The van der Waals surface area contributed by atoms with Gasteiger partial charge in [-0.15, -0.1) is 0 Å². The van der Waals surface area contributed by atoms with Crippen LogP contribution in [0, 0.1) is 11.8 Å². The zero-order valence-electron chi connectivity index (χ0n) is 15.5. The van der Waals surface area contributed by atoms with E-state index in [2.05, 4.69) is 10.6 Å². The molecule has 5 heteroatoms. The molecule has 2 amide bonds. The predicted octanol–water partition coefficient (Wildman–Crippen LogP) is 2.97. The summed E-state index contributed by atoms with van der Waals surface area (Å²) in [6.45, 7) is 1.14. The molecular formula is C22H27N3O2. The van der Waals surface area contributed by atoms with Crippen LogP contribution in [-0.2, 0) is 11.2 Å². The highest BCUT2D eigenvalue weighted by Gasteiger charge is 2.31.